The summed E-state index contributed by atoms with van der Waals surface area (Å²) in [4.78, 5) is 1.96. The fourth-order valence-corrected chi connectivity index (χ4v) is 2.73. The van der Waals surface area contributed by atoms with Crippen LogP contribution >= 0.6 is 0 Å². The minimum absolute atomic E-state index is 0.0950. The van der Waals surface area contributed by atoms with Crippen molar-refractivity contribution in [3.63, 3.8) is 0 Å². The Bertz CT molecular complexity index is 437. The molecule has 1 aliphatic rings. The molecule has 2 rings (SSSR count). The Labute approximate surface area is 111 Å². The maximum absolute atomic E-state index is 13.0. The lowest BCUT2D eigenvalue weighted by molar-refractivity contribution is -0.138. The summed E-state index contributed by atoms with van der Waals surface area (Å²) >= 11 is 0. The van der Waals surface area contributed by atoms with Gasteiger partial charge in [0.05, 0.1) is 5.56 Å². The second-order valence-corrected chi connectivity index (χ2v) is 5.09. The van der Waals surface area contributed by atoms with E-state index in [2.05, 4.69) is 0 Å². The van der Waals surface area contributed by atoms with Gasteiger partial charge in [-0.25, -0.2) is 0 Å². The van der Waals surface area contributed by atoms with Gasteiger partial charge in [0.2, 0.25) is 0 Å². The molecule has 2 nitrogen and oxygen atoms in total. The molecule has 1 aromatic rings. The zero-order chi connectivity index (χ0) is 14.0. The summed E-state index contributed by atoms with van der Waals surface area (Å²) in [5.74, 6) is 0. The summed E-state index contributed by atoms with van der Waals surface area (Å²) in [5.41, 5.74) is 5.54. The van der Waals surface area contributed by atoms with E-state index in [1.807, 2.05) is 11.9 Å². The van der Waals surface area contributed by atoms with Gasteiger partial charge in [-0.2, -0.15) is 13.2 Å². The smallest absolute Gasteiger partial charge is 0.372 e. The summed E-state index contributed by atoms with van der Waals surface area (Å²) in [6, 6.07) is 4.80. The molecule has 0 heterocycles. The molecule has 1 saturated carbocycles. The number of hydrogen-bond acceptors (Lipinski definition) is 2. The maximum Gasteiger partial charge on any atom is 0.416 e. The quantitative estimate of drug-likeness (QED) is 0.912. The van der Waals surface area contributed by atoms with Gasteiger partial charge in [-0.15, -0.1) is 0 Å². The van der Waals surface area contributed by atoms with Crippen LogP contribution in [0.4, 0.5) is 18.9 Å². The topological polar surface area (TPSA) is 29.3 Å². The molecule has 1 fully saturated rings. The summed E-state index contributed by atoms with van der Waals surface area (Å²) in [7, 11) is 1.87. The van der Waals surface area contributed by atoms with Crippen molar-refractivity contribution in [2.45, 2.75) is 44.4 Å². The van der Waals surface area contributed by atoms with Crippen molar-refractivity contribution in [3.05, 3.63) is 29.3 Å². The van der Waals surface area contributed by atoms with E-state index in [0.29, 0.717) is 11.7 Å². The zero-order valence-electron chi connectivity index (χ0n) is 11.0. The van der Waals surface area contributed by atoms with Gasteiger partial charge in [-0.3, -0.25) is 0 Å². The molecule has 2 N–H and O–H groups in total. The number of alkyl halides is 3. The van der Waals surface area contributed by atoms with Crippen LogP contribution in [0.15, 0.2) is 18.2 Å². The van der Waals surface area contributed by atoms with Gasteiger partial charge in [-0.05, 0) is 30.5 Å². The Morgan fingerprint density at radius 3 is 2.42 bits per heavy atom. The summed E-state index contributed by atoms with van der Waals surface area (Å²) in [6.45, 7) is -0.0950. The molecule has 0 unspecified atom stereocenters. The third-order valence-electron chi connectivity index (χ3n) is 3.90. The van der Waals surface area contributed by atoms with Crippen LogP contribution in [0, 0.1) is 0 Å². The van der Waals surface area contributed by atoms with Gasteiger partial charge in [0.15, 0.2) is 0 Å². The van der Waals surface area contributed by atoms with E-state index >= 15 is 0 Å². The Kier molecular flexibility index (Phi) is 4.04. The Hall–Kier alpha value is -1.23. The van der Waals surface area contributed by atoms with Crippen molar-refractivity contribution >= 4 is 5.69 Å². The number of halogens is 3. The van der Waals surface area contributed by atoms with Crippen LogP contribution in [0.1, 0.15) is 36.8 Å². The molecule has 0 saturated heterocycles. The van der Waals surface area contributed by atoms with E-state index in [9.17, 15) is 13.2 Å². The first-order valence-corrected chi connectivity index (χ1v) is 6.56. The van der Waals surface area contributed by atoms with Gasteiger partial charge in [-0.1, -0.05) is 18.9 Å². The lowest BCUT2D eigenvalue weighted by atomic mass is 10.0. The largest absolute Gasteiger partial charge is 0.416 e. The molecule has 0 amide bonds. The number of anilines is 1. The van der Waals surface area contributed by atoms with Crippen LogP contribution in [0.2, 0.25) is 0 Å². The first-order chi connectivity index (χ1) is 8.93. The third-order valence-corrected chi connectivity index (χ3v) is 3.90. The van der Waals surface area contributed by atoms with E-state index in [0.717, 1.165) is 25.7 Å². The van der Waals surface area contributed by atoms with Gasteiger partial charge >= 0.3 is 6.18 Å². The van der Waals surface area contributed by atoms with Crippen LogP contribution in [-0.4, -0.2) is 13.1 Å². The van der Waals surface area contributed by atoms with Gasteiger partial charge in [0, 0.05) is 25.3 Å². The molecule has 0 aromatic heterocycles. The molecule has 19 heavy (non-hydrogen) atoms. The summed E-state index contributed by atoms with van der Waals surface area (Å²) in [5, 5.41) is 0. The van der Waals surface area contributed by atoms with Crippen molar-refractivity contribution in [3.8, 4) is 0 Å². The van der Waals surface area contributed by atoms with E-state index in [-0.39, 0.29) is 12.1 Å². The van der Waals surface area contributed by atoms with Gasteiger partial charge in [0.1, 0.15) is 0 Å². The molecular weight excluding hydrogens is 253 g/mol. The van der Waals surface area contributed by atoms with Crippen molar-refractivity contribution < 1.29 is 13.2 Å². The number of rotatable bonds is 3. The normalized spacial score (nSPS) is 16.9. The highest BCUT2D eigenvalue weighted by molar-refractivity contribution is 5.52. The Morgan fingerprint density at radius 1 is 1.26 bits per heavy atom. The molecule has 0 bridgehead atoms. The van der Waals surface area contributed by atoms with Crippen molar-refractivity contribution in [2.75, 3.05) is 11.9 Å². The van der Waals surface area contributed by atoms with Crippen molar-refractivity contribution in [1.82, 2.24) is 0 Å². The minimum atomic E-state index is -4.35. The van der Waals surface area contributed by atoms with Gasteiger partial charge < -0.3 is 10.6 Å². The molecule has 106 valence electrons. The van der Waals surface area contributed by atoms with E-state index in [1.54, 1.807) is 6.07 Å². The molecule has 1 aliphatic carbocycles. The Morgan fingerprint density at radius 2 is 1.89 bits per heavy atom. The third kappa shape index (κ3) is 3.03. The predicted molar refractivity (Wildman–Crippen MR) is 70.0 cm³/mol. The highest BCUT2D eigenvalue weighted by atomic mass is 19.4. The SMILES string of the molecule is CN(c1ccc(CN)c(C(F)(F)F)c1)C1CCCC1. The first-order valence-electron chi connectivity index (χ1n) is 6.56. The van der Waals surface area contributed by atoms with E-state index < -0.39 is 11.7 Å². The van der Waals surface area contributed by atoms with Crippen LogP contribution in [-0.2, 0) is 12.7 Å². The zero-order valence-corrected chi connectivity index (χ0v) is 11.0. The number of nitrogens with two attached hydrogens (primary N) is 1. The average Bonchev–Trinajstić information content (AvgIpc) is 2.90. The second kappa shape index (κ2) is 5.41. The molecule has 5 heteroatoms. The van der Waals surface area contributed by atoms with Crippen molar-refractivity contribution in [1.29, 1.82) is 0 Å². The average molecular weight is 272 g/mol. The molecular formula is C14H19F3N2. The highest BCUT2D eigenvalue weighted by Gasteiger charge is 2.34. The summed E-state index contributed by atoms with van der Waals surface area (Å²) in [6.07, 6.45) is 0.0677. The van der Waals surface area contributed by atoms with Crippen molar-refractivity contribution in [2.24, 2.45) is 5.73 Å². The van der Waals surface area contributed by atoms with E-state index in [4.69, 9.17) is 5.73 Å². The van der Waals surface area contributed by atoms with Crippen LogP contribution in [0.25, 0.3) is 0 Å². The second-order valence-electron chi connectivity index (χ2n) is 5.09. The summed E-state index contributed by atoms with van der Waals surface area (Å²) < 4.78 is 38.9. The van der Waals surface area contributed by atoms with Gasteiger partial charge in [0.25, 0.3) is 0 Å². The number of nitrogens with zero attached hydrogens (tertiary/aromatic N) is 1. The fourth-order valence-electron chi connectivity index (χ4n) is 2.73. The fraction of sp³-hybridized carbons (Fsp3) is 0.571. The first kappa shape index (κ1) is 14.2. The molecule has 0 spiro atoms. The molecule has 0 radical (unpaired) electrons. The maximum atomic E-state index is 13.0. The van der Waals surface area contributed by atoms with Crippen LogP contribution < -0.4 is 10.6 Å². The number of benzene rings is 1. The lowest BCUT2D eigenvalue weighted by Crippen LogP contribution is -2.29. The monoisotopic (exact) mass is 272 g/mol. The van der Waals surface area contributed by atoms with Crippen LogP contribution in [0.5, 0.6) is 0 Å². The lowest BCUT2D eigenvalue weighted by Gasteiger charge is -2.27. The standard InChI is InChI=1S/C14H19F3N2/c1-19(11-4-2-3-5-11)12-7-6-10(9-18)13(8-12)14(15,16)17/h6-8,11H,2-5,9,18H2,1H3. The van der Waals surface area contributed by atoms with E-state index in [1.165, 1.54) is 12.1 Å². The highest BCUT2D eigenvalue weighted by Crippen LogP contribution is 2.35. The minimum Gasteiger partial charge on any atom is -0.372 e. The number of hydrogen-bond donors (Lipinski definition) is 1. The van der Waals surface area contributed by atoms with Crippen LogP contribution in [0.3, 0.4) is 0 Å². The molecule has 1 aromatic carbocycles. The Balaban J connectivity index is 2.31. The molecule has 0 aliphatic heterocycles. The molecule has 0 atom stereocenters. The predicted octanol–water partition coefficient (Wildman–Crippen LogP) is 3.54.